The van der Waals surface area contributed by atoms with Crippen molar-refractivity contribution in [2.75, 3.05) is 22.4 Å². The molecule has 0 radical (unpaired) electrons. The lowest BCUT2D eigenvalue weighted by molar-refractivity contribution is -0.116. The number of halogens is 1. The van der Waals surface area contributed by atoms with E-state index in [-0.39, 0.29) is 18.9 Å². The molecule has 0 atom stereocenters. The van der Waals surface area contributed by atoms with Gasteiger partial charge in [-0.25, -0.2) is 8.42 Å². The van der Waals surface area contributed by atoms with Crippen molar-refractivity contribution in [1.29, 1.82) is 5.26 Å². The summed E-state index contributed by atoms with van der Waals surface area (Å²) in [6.45, 7) is 1.68. The highest BCUT2D eigenvalue weighted by Crippen LogP contribution is 2.28. The Morgan fingerprint density at radius 2 is 1.92 bits per heavy atom. The van der Waals surface area contributed by atoms with Crippen LogP contribution in [-0.2, 0) is 14.8 Å². The molecule has 2 aromatic carbocycles. The van der Waals surface area contributed by atoms with Crippen LogP contribution in [0.4, 0.5) is 11.4 Å². The van der Waals surface area contributed by atoms with Gasteiger partial charge in [0.1, 0.15) is 6.07 Å². The summed E-state index contributed by atoms with van der Waals surface area (Å²) in [5, 5.41) is 12.1. The number of benzene rings is 2. The molecule has 136 valence electrons. The van der Waals surface area contributed by atoms with Gasteiger partial charge in [-0.2, -0.15) is 5.26 Å². The van der Waals surface area contributed by atoms with Crippen LogP contribution in [0, 0.1) is 18.3 Å². The molecule has 2 rings (SSSR count). The van der Waals surface area contributed by atoms with Crippen LogP contribution in [0.1, 0.15) is 17.5 Å². The van der Waals surface area contributed by atoms with Gasteiger partial charge in [-0.15, -0.1) is 0 Å². The third kappa shape index (κ3) is 4.75. The first-order valence-corrected chi connectivity index (χ1v) is 9.98. The van der Waals surface area contributed by atoms with Gasteiger partial charge in [0, 0.05) is 18.0 Å². The van der Waals surface area contributed by atoms with Crippen molar-refractivity contribution >= 4 is 38.9 Å². The van der Waals surface area contributed by atoms with Gasteiger partial charge in [0.15, 0.2) is 0 Å². The van der Waals surface area contributed by atoms with Crippen molar-refractivity contribution < 1.29 is 13.2 Å². The van der Waals surface area contributed by atoms with E-state index in [0.717, 1.165) is 10.6 Å². The molecule has 0 unspecified atom stereocenters. The summed E-state index contributed by atoms with van der Waals surface area (Å²) in [6.07, 6.45) is 1.01. The van der Waals surface area contributed by atoms with Gasteiger partial charge >= 0.3 is 0 Å². The Hall–Kier alpha value is -2.56. The maximum atomic E-state index is 12.2. The molecule has 0 aliphatic heterocycles. The van der Waals surface area contributed by atoms with Gasteiger partial charge in [0.25, 0.3) is 0 Å². The third-order valence-electron chi connectivity index (χ3n) is 3.77. The summed E-state index contributed by atoms with van der Waals surface area (Å²) < 4.78 is 25.5. The lowest BCUT2D eigenvalue weighted by atomic mass is 10.2. The summed E-state index contributed by atoms with van der Waals surface area (Å²) in [7, 11) is -3.60. The van der Waals surface area contributed by atoms with Crippen molar-refractivity contribution in [1.82, 2.24) is 0 Å². The standard InChI is InChI=1S/C18H18ClN3O3S/c1-13-15(19)7-5-9-17(13)22(26(2,24)25)11-10-18(23)21-16-8-4-3-6-14(16)12-20/h3-9H,10-11H2,1-2H3,(H,21,23). The second-order valence-corrected chi connectivity index (χ2v) is 7.99. The van der Waals surface area contributed by atoms with Gasteiger partial charge in [-0.05, 0) is 36.8 Å². The van der Waals surface area contributed by atoms with E-state index in [1.807, 2.05) is 6.07 Å². The predicted octanol–water partition coefficient (Wildman–Crippen LogP) is 3.31. The zero-order valence-corrected chi connectivity index (χ0v) is 15.9. The van der Waals surface area contributed by atoms with E-state index < -0.39 is 10.0 Å². The first-order chi connectivity index (χ1) is 12.2. The molecule has 0 heterocycles. The van der Waals surface area contributed by atoms with Crippen LogP contribution < -0.4 is 9.62 Å². The van der Waals surface area contributed by atoms with E-state index >= 15 is 0 Å². The normalized spacial score (nSPS) is 10.8. The van der Waals surface area contributed by atoms with Crippen molar-refractivity contribution in [3.63, 3.8) is 0 Å². The fourth-order valence-electron chi connectivity index (χ4n) is 2.44. The number of nitrogens with one attached hydrogen (secondary N) is 1. The molecule has 2 aromatic rings. The van der Waals surface area contributed by atoms with Crippen molar-refractivity contribution in [3.05, 3.63) is 58.6 Å². The van der Waals surface area contributed by atoms with E-state index in [1.165, 1.54) is 0 Å². The predicted molar refractivity (Wildman–Crippen MR) is 103 cm³/mol. The molecule has 0 fully saturated rings. The average Bonchev–Trinajstić information content (AvgIpc) is 2.58. The Kier molecular flexibility index (Phi) is 6.24. The fraction of sp³-hybridized carbons (Fsp3) is 0.222. The van der Waals surface area contributed by atoms with Crippen LogP contribution in [0.5, 0.6) is 0 Å². The van der Waals surface area contributed by atoms with E-state index in [2.05, 4.69) is 5.32 Å². The number of amides is 1. The minimum atomic E-state index is -3.60. The number of sulfonamides is 1. The number of nitriles is 1. The summed E-state index contributed by atoms with van der Waals surface area (Å²) in [6, 6.07) is 13.6. The van der Waals surface area contributed by atoms with Crippen LogP contribution in [0.2, 0.25) is 5.02 Å². The van der Waals surface area contributed by atoms with Crippen molar-refractivity contribution in [2.45, 2.75) is 13.3 Å². The van der Waals surface area contributed by atoms with Gasteiger partial charge in [0.2, 0.25) is 15.9 Å². The summed E-state index contributed by atoms with van der Waals surface area (Å²) >= 11 is 6.08. The second kappa shape index (κ2) is 8.21. The van der Waals surface area contributed by atoms with Crippen LogP contribution in [0.15, 0.2) is 42.5 Å². The number of carbonyl (C=O) groups excluding carboxylic acids is 1. The average molecular weight is 392 g/mol. The molecule has 0 spiro atoms. The van der Waals surface area contributed by atoms with E-state index in [1.54, 1.807) is 49.4 Å². The zero-order valence-electron chi connectivity index (χ0n) is 14.4. The highest BCUT2D eigenvalue weighted by Gasteiger charge is 2.21. The molecule has 8 heteroatoms. The molecule has 0 saturated carbocycles. The number of para-hydroxylation sites is 1. The number of anilines is 2. The molecule has 26 heavy (non-hydrogen) atoms. The maximum absolute atomic E-state index is 12.2. The number of hydrogen-bond donors (Lipinski definition) is 1. The summed E-state index contributed by atoms with van der Waals surface area (Å²) in [5.74, 6) is -0.388. The highest BCUT2D eigenvalue weighted by molar-refractivity contribution is 7.92. The van der Waals surface area contributed by atoms with E-state index in [4.69, 9.17) is 16.9 Å². The number of nitrogens with zero attached hydrogens (tertiary/aromatic N) is 2. The van der Waals surface area contributed by atoms with Crippen molar-refractivity contribution in [3.8, 4) is 6.07 Å². The van der Waals surface area contributed by atoms with Crippen LogP contribution >= 0.6 is 11.6 Å². The number of hydrogen-bond acceptors (Lipinski definition) is 4. The fourth-order valence-corrected chi connectivity index (χ4v) is 3.58. The summed E-state index contributed by atoms with van der Waals surface area (Å²) in [5.41, 5.74) is 1.79. The Labute approximate surface area is 158 Å². The molecule has 0 bridgehead atoms. The smallest absolute Gasteiger partial charge is 0.232 e. The minimum absolute atomic E-state index is 0.0411. The molecule has 0 aliphatic carbocycles. The minimum Gasteiger partial charge on any atom is -0.325 e. The Bertz CT molecular complexity index is 968. The molecule has 0 saturated heterocycles. The van der Waals surface area contributed by atoms with Gasteiger partial charge in [-0.3, -0.25) is 9.10 Å². The van der Waals surface area contributed by atoms with Crippen LogP contribution in [-0.4, -0.2) is 27.1 Å². The third-order valence-corrected chi connectivity index (χ3v) is 5.36. The molecule has 6 nitrogen and oxygen atoms in total. The van der Waals surface area contributed by atoms with Crippen molar-refractivity contribution in [2.24, 2.45) is 0 Å². The lowest BCUT2D eigenvalue weighted by Gasteiger charge is -2.24. The number of rotatable bonds is 6. The molecular weight excluding hydrogens is 374 g/mol. The molecule has 1 N–H and O–H groups in total. The van der Waals surface area contributed by atoms with E-state index in [0.29, 0.717) is 27.5 Å². The highest BCUT2D eigenvalue weighted by atomic mass is 35.5. The Balaban J connectivity index is 2.17. The number of carbonyl (C=O) groups is 1. The van der Waals surface area contributed by atoms with Gasteiger partial charge < -0.3 is 5.32 Å². The molecule has 0 aromatic heterocycles. The first-order valence-electron chi connectivity index (χ1n) is 7.76. The Morgan fingerprint density at radius 1 is 1.23 bits per heavy atom. The van der Waals surface area contributed by atoms with Gasteiger partial charge in [-0.1, -0.05) is 29.8 Å². The molecule has 0 aliphatic rings. The maximum Gasteiger partial charge on any atom is 0.232 e. The first kappa shape index (κ1) is 19.8. The quantitative estimate of drug-likeness (QED) is 0.817. The molecular formula is C18H18ClN3O3S. The van der Waals surface area contributed by atoms with E-state index in [9.17, 15) is 13.2 Å². The molecule has 1 amide bonds. The van der Waals surface area contributed by atoms with Gasteiger partial charge in [0.05, 0.1) is 23.2 Å². The summed E-state index contributed by atoms with van der Waals surface area (Å²) in [4.78, 5) is 12.2. The topological polar surface area (TPSA) is 90.3 Å². The van der Waals surface area contributed by atoms with Crippen LogP contribution in [0.25, 0.3) is 0 Å². The zero-order chi connectivity index (χ0) is 19.3. The SMILES string of the molecule is Cc1c(Cl)cccc1N(CCC(=O)Nc1ccccc1C#N)S(C)(=O)=O. The largest absolute Gasteiger partial charge is 0.325 e. The second-order valence-electron chi connectivity index (χ2n) is 5.67. The lowest BCUT2D eigenvalue weighted by Crippen LogP contribution is -2.33. The Morgan fingerprint density at radius 3 is 2.58 bits per heavy atom. The monoisotopic (exact) mass is 391 g/mol. The van der Waals surface area contributed by atoms with Crippen LogP contribution in [0.3, 0.4) is 0 Å².